The summed E-state index contributed by atoms with van der Waals surface area (Å²) >= 11 is 0. The fourth-order valence-electron chi connectivity index (χ4n) is 4.11. The first kappa shape index (κ1) is 20.8. The van der Waals surface area contributed by atoms with Crippen molar-refractivity contribution in [1.82, 2.24) is 25.6 Å². The minimum absolute atomic E-state index is 0.0620. The fourth-order valence-corrected chi connectivity index (χ4v) is 4.11. The Balaban J connectivity index is 1.32. The molecule has 0 bridgehead atoms. The molecule has 162 valence electrons. The van der Waals surface area contributed by atoms with E-state index in [9.17, 15) is 9.59 Å². The molecule has 1 aliphatic rings. The van der Waals surface area contributed by atoms with Crippen molar-refractivity contribution in [2.45, 2.75) is 52.1 Å². The largest absolute Gasteiger partial charge is 0.349 e. The topological polar surface area (TPSA) is 101 Å². The van der Waals surface area contributed by atoms with Crippen molar-refractivity contribution in [2.75, 3.05) is 11.9 Å². The molecular weight excluding hydrogens is 392 g/mol. The summed E-state index contributed by atoms with van der Waals surface area (Å²) in [7, 11) is 0. The molecule has 1 fully saturated rings. The van der Waals surface area contributed by atoms with E-state index in [1.165, 1.54) is 12.8 Å². The SMILES string of the molecule is Cc1cc(C)cc(NC(=O)NCCn2nnc3cc(C(=O)NC4CCCC4)ccc32)c1. The number of carbonyl (C=O) groups is 2. The zero-order valence-corrected chi connectivity index (χ0v) is 17.9. The van der Waals surface area contributed by atoms with E-state index in [4.69, 9.17) is 0 Å². The number of nitrogens with zero attached hydrogens (tertiary/aromatic N) is 3. The number of hydrogen-bond donors (Lipinski definition) is 3. The number of amides is 3. The standard InChI is InChI=1S/C23H28N6O2/c1-15-11-16(2)13-19(12-15)26-23(31)24-9-10-29-21-8-7-17(14-20(21)27-28-29)22(30)25-18-5-3-4-6-18/h7-8,11-14,18H,3-6,9-10H2,1-2H3,(H,25,30)(H2,24,26,31). The van der Waals surface area contributed by atoms with Crippen LogP contribution in [0.4, 0.5) is 10.5 Å². The summed E-state index contributed by atoms with van der Waals surface area (Å²) in [5.74, 6) is -0.0620. The molecule has 1 aliphatic carbocycles. The lowest BCUT2D eigenvalue weighted by Gasteiger charge is -2.11. The van der Waals surface area contributed by atoms with E-state index < -0.39 is 0 Å². The number of fused-ring (bicyclic) bond motifs is 1. The van der Waals surface area contributed by atoms with Crippen molar-refractivity contribution in [1.29, 1.82) is 0 Å². The molecule has 0 atom stereocenters. The average molecular weight is 421 g/mol. The Morgan fingerprint density at radius 1 is 1.06 bits per heavy atom. The quantitative estimate of drug-likeness (QED) is 0.568. The molecule has 0 aliphatic heterocycles. The minimum atomic E-state index is -0.264. The molecule has 3 N–H and O–H groups in total. The number of anilines is 1. The van der Waals surface area contributed by atoms with Crippen molar-refractivity contribution >= 4 is 28.7 Å². The van der Waals surface area contributed by atoms with Crippen LogP contribution in [0, 0.1) is 13.8 Å². The van der Waals surface area contributed by atoms with Crippen LogP contribution in [0.2, 0.25) is 0 Å². The third-order valence-corrected chi connectivity index (χ3v) is 5.56. The average Bonchev–Trinajstić information content (AvgIpc) is 3.36. The predicted octanol–water partition coefficient (Wildman–Crippen LogP) is 3.54. The Bertz CT molecular complexity index is 1080. The maximum absolute atomic E-state index is 12.5. The van der Waals surface area contributed by atoms with Crippen LogP contribution in [0.3, 0.4) is 0 Å². The van der Waals surface area contributed by atoms with Crippen molar-refractivity contribution < 1.29 is 9.59 Å². The monoisotopic (exact) mass is 420 g/mol. The Kier molecular flexibility index (Phi) is 6.16. The third kappa shape index (κ3) is 5.20. The molecule has 3 aromatic rings. The van der Waals surface area contributed by atoms with Gasteiger partial charge in [0, 0.05) is 23.8 Å². The number of aryl methyl sites for hydroxylation is 2. The number of urea groups is 1. The lowest BCUT2D eigenvalue weighted by molar-refractivity contribution is 0.0938. The highest BCUT2D eigenvalue weighted by atomic mass is 16.2. The molecular formula is C23H28N6O2. The molecule has 1 aromatic heterocycles. The number of benzene rings is 2. The number of rotatable bonds is 6. The van der Waals surface area contributed by atoms with E-state index in [-0.39, 0.29) is 18.0 Å². The second-order valence-corrected chi connectivity index (χ2v) is 8.23. The number of aromatic nitrogens is 3. The van der Waals surface area contributed by atoms with Crippen LogP contribution in [0.5, 0.6) is 0 Å². The molecule has 31 heavy (non-hydrogen) atoms. The Labute approximate surface area is 181 Å². The van der Waals surface area contributed by atoms with Gasteiger partial charge in [0.1, 0.15) is 5.52 Å². The van der Waals surface area contributed by atoms with E-state index in [1.807, 2.05) is 32.0 Å². The van der Waals surface area contributed by atoms with Crippen molar-refractivity contribution in [3.8, 4) is 0 Å². The Morgan fingerprint density at radius 2 is 1.81 bits per heavy atom. The van der Waals surface area contributed by atoms with Gasteiger partial charge in [0.25, 0.3) is 5.91 Å². The third-order valence-electron chi connectivity index (χ3n) is 5.56. The van der Waals surface area contributed by atoms with E-state index in [1.54, 1.807) is 16.8 Å². The first-order chi connectivity index (χ1) is 15.0. The number of carbonyl (C=O) groups excluding carboxylic acids is 2. The summed E-state index contributed by atoms with van der Waals surface area (Å²) in [6.45, 7) is 4.87. The molecule has 0 saturated heterocycles. The first-order valence-corrected chi connectivity index (χ1v) is 10.8. The molecule has 1 heterocycles. The molecule has 8 heteroatoms. The molecule has 1 saturated carbocycles. The Hall–Kier alpha value is -3.42. The highest BCUT2D eigenvalue weighted by Crippen LogP contribution is 2.19. The van der Waals surface area contributed by atoms with Gasteiger partial charge in [0.2, 0.25) is 0 Å². The van der Waals surface area contributed by atoms with Gasteiger partial charge >= 0.3 is 6.03 Å². The Morgan fingerprint density at radius 3 is 2.55 bits per heavy atom. The summed E-state index contributed by atoms with van der Waals surface area (Å²) < 4.78 is 1.73. The second kappa shape index (κ2) is 9.16. The zero-order valence-electron chi connectivity index (χ0n) is 17.9. The van der Waals surface area contributed by atoms with Gasteiger partial charge in [-0.2, -0.15) is 0 Å². The maximum atomic E-state index is 12.5. The van der Waals surface area contributed by atoms with E-state index in [0.29, 0.717) is 24.2 Å². The first-order valence-electron chi connectivity index (χ1n) is 10.8. The molecule has 8 nitrogen and oxygen atoms in total. The predicted molar refractivity (Wildman–Crippen MR) is 120 cm³/mol. The molecule has 0 radical (unpaired) electrons. The smallest absolute Gasteiger partial charge is 0.319 e. The van der Waals surface area contributed by atoms with Crippen LogP contribution in [-0.2, 0) is 6.54 Å². The lowest BCUT2D eigenvalue weighted by Crippen LogP contribution is -2.32. The number of nitrogens with one attached hydrogen (secondary N) is 3. The van der Waals surface area contributed by atoms with Crippen LogP contribution in [0.15, 0.2) is 36.4 Å². The number of hydrogen-bond acceptors (Lipinski definition) is 4. The summed E-state index contributed by atoms with van der Waals surface area (Å²) in [5.41, 5.74) is 5.05. The van der Waals surface area contributed by atoms with Crippen LogP contribution in [-0.4, -0.2) is 39.5 Å². The van der Waals surface area contributed by atoms with Gasteiger partial charge in [0.05, 0.1) is 12.1 Å². The van der Waals surface area contributed by atoms with Crippen molar-refractivity contribution in [3.05, 3.63) is 53.1 Å². The summed E-state index contributed by atoms with van der Waals surface area (Å²) in [6, 6.07) is 11.4. The summed E-state index contributed by atoms with van der Waals surface area (Å²) in [5, 5.41) is 17.1. The van der Waals surface area contributed by atoms with E-state index in [0.717, 1.165) is 35.2 Å². The normalized spacial score (nSPS) is 14.0. The summed E-state index contributed by atoms with van der Waals surface area (Å²) in [6.07, 6.45) is 4.45. The molecule has 3 amide bonds. The highest BCUT2D eigenvalue weighted by molar-refractivity contribution is 5.97. The van der Waals surface area contributed by atoms with Crippen molar-refractivity contribution in [3.63, 3.8) is 0 Å². The second-order valence-electron chi connectivity index (χ2n) is 8.23. The molecule has 4 rings (SSSR count). The van der Waals surface area contributed by atoms with Gasteiger partial charge in [-0.1, -0.05) is 24.1 Å². The van der Waals surface area contributed by atoms with Crippen LogP contribution in [0.25, 0.3) is 11.0 Å². The zero-order chi connectivity index (χ0) is 21.8. The van der Waals surface area contributed by atoms with Crippen LogP contribution < -0.4 is 16.0 Å². The molecule has 0 unspecified atom stereocenters. The van der Waals surface area contributed by atoms with Gasteiger partial charge in [-0.15, -0.1) is 5.10 Å². The summed E-state index contributed by atoms with van der Waals surface area (Å²) in [4.78, 5) is 24.6. The van der Waals surface area contributed by atoms with E-state index in [2.05, 4.69) is 32.3 Å². The van der Waals surface area contributed by atoms with Gasteiger partial charge < -0.3 is 16.0 Å². The van der Waals surface area contributed by atoms with Gasteiger partial charge in [0.15, 0.2) is 0 Å². The van der Waals surface area contributed by atoms with Crippen LogP contribution in [0.1, 0.15) is 47.2 Å². The minimum Gasteiger partial charge on any atom is -0.349 e. The van der Waals surface area contributed by atoms with Crippen molar-refractivity contribution in [2.24, 2.45) is 0 Å². The maximum Gasteiger partial charge on any atom is 0.319 e. The van der Waals surface area contributed by atoms with Gasteiger partial charge in [-0.05, 0) is 68.1 Å². The molecule has 0 spiro atoms. The molecule has 2 aromatic carbocycles. The van der Waals surface area contributed by atoms with E-state index >= 15 is 0 Å². The fraction of sp³-hybridized carbons (Fsp3) is 0.391. The van der Waals surface area contributed by atoms with Crippen LogP contribution >= 0.6 is 0 Å². The van der Waals surface area contributed by atoms with Gasteiger partial charge in [-0.25, -0.2) is 9.48 Å². The van der Waals surface area contributed by atoms with Gasteiger partial charge in [-0.3, -0.25) is 4.79 Å². The highest BCUT2D eigenvalue weighted by Gasteiger charge is 2.18. The lowest BCUT2D eigenvalue weighted by atomic mass is 10.1.